The molecule has 0 saturated heterocycles. The Labute approximate surface area is 206 Å². The van der Waals surface area contributed by atoms with Gasteiger partial charge >= 0.3 is 12.3 Å². The standard InChI is InChI=1S/C26H26F3N3O4/c1-15-6-5-7-18(12-15)23-20(10-11-22(31-23)26(27,28)29)32(3)24(33)16(2)17-8-9-19(14-30-25(34)35)21(13-17)36-4/h5-13,16,30H,14H2,1-4H3,(H,34,35). The highest BCUT2D eigenvalue weighted by Crippen LogP contribution is 2.36. The summed E-state index contributed by atoms with van der Waals surface area (Å²) in [5.41, 5.74) is 1.71. The monoisotopic (exact) mass is 501 g/mol. The number of carbonyl (C=O) groups is 2. The minimum Gasteiger partial charge on any atom is -0.496 e. The molecule has 0 aliphatic rings. The molecule has 0 radical (unpaired) electrons. The zero-order chi connectivity index (χ0) is 26.6. The predicted octanol–water partition coefficient (Wildman–Crippen LogP) is 5.62. The number of hydrogen-bond acceptors (Lipinski definition) is 4. The van der Waals surface area contributed by atoms with Gasteiger partial charge in [-0.15, -0.1) is 0 Å². The summed E-state index contributed by atoms with van der Waals surface area (Å²) in [6.45, 7) is 3.52. The van der Waals surface area contributed by atoms with E-state index in [9.17, 15) is 22.8 Å². The number of alkyl halides is 3. The number of likely N-dealkylation sites (N-methyl/N-ethyl adjacent to an activating group) is 1. The zero-order valence-electron chi connectivity index (χ0n) is 20.2. The molecule has 10 heteroatoms. The maximum atomic E-state index is 13.4. The summed E-state index contributed by atoms with van der Waals surface area (Å²) in [6.07, 6.45) is -5.82. The molecule has 1 atom stereocenters. The van der Waals surface area contributed by atoms with Gasteiger partial charge in [0.15, 0.2) is 0 Å². The molecular formula is C26H26F3N3O4. The number of pyridine rings is 1. The van der Waals surface area contributed by atoms with Crippen LogP contribution < -0.4 is 15.0 Å². The van der Waals surface area contributed by atoms with Gasteiger partial charge in [-0.3, -0.25) is 4.79 Å². The molecule has 0 bridgehead atoms. The molecule has 1 unspecified atom stereocenters. The quantitative estimate of drug-likeness (QED) is 0.439. The van der Waals surface area contributed by atoms with Gasteiger partial charge in [0.25, 0.3) is 0 Å². The molecule has 0 aliphatic carbocycles. The van der Waals surface area contributed by atoms with E-state index in [-0.39, 0.29) is 23.8 Å². The van der Waals surface area contributed by atoms with Crippen molar-refractivity contribution in [2.75, 3.05) is 19.1 Å². The van der Waals surface area contributed by atoms with Gasteiger partial charge in [0.2, 0.25) is 5.91 Å². The first-order valence-corrected chi connectivity index (χ1v) is 11.0. The molecule has 1 aromatic heterocycles. The first-order chi connectivity index (χ1) is 16.9. The van der Waals surface area contributed by atoms with Crippen LogP contribution in [0.25, 0.3) is 11.3 Å². The van der Waals surface area contributed by atoms with Crippen molar-refractivity contribution in [3.05, 3.63) is 77.0 Å². The molecule has 0 aliphatic heterocycles. The van der Waals surface area contributed by atoms with Crippen LogP contribution in [0.4, 0.5) is 23.7 Å². The minimum absolute atomic E-state index is 0.0259. The summed E-state index contributed by atoms with van der Waals surface area (Å²) in [4.78, 5) is 29.4. The van der Waals surface area contributed by atoms with Crippen molar-refractivity contribution >= 4 is 17.7 Å². The number of aryl methyl sites for hydroxylation is 1. The van der Waals surface area contributed by atoms with Crippen LogP contribution in [0.15, 0.2) is 54.6 Å². The lowest BCUT2D eigenvalue weighted by atomic mass is 9.97. The third-order valence-electron chi connectivity index (χ3n) is 5.76. The van der Waals surface area contributed by atoms with E-state index < -0.39 is 23.9 Å². The van der Waals surface area contributed by atoms with E-state index >= 15 is 0 Å². The molecule has 3 aromatic rings. The number of methoxy groups -OCH3 is 1. The van der Waals surface area contributed by atoms with E-state index in [4.69, 9.17) is 9.84 Å². The lowest BCUT2D eigenvalue weighted by molar-refractivity contribution is -0.141. The van der Waals surface area contributed by atoms with E-state index in [0.717, 1.165) is 11.6 Å². The first-order valence-electron chi connectivity index (χ1n) is 11.0. The number of ether oxygens (including phenoxy) is 1. The van der Waals surface area contributed by atoms with Crippen LogP contribution in [0.3, 0.4) is 0 Å². The Morgan fingerprint density at radius 3 is 2.47 bits per heavy atom. The van der Waals surface area contributed by atoms with Crippen molar-refractivity contribution in [1.29, 1.82) is 0 Å². The van der Waals surface area contributed by atoms with E-state index in [1.165, 1.54) is 25.1 Å². The number of nitrogens with zero attached hydrogens (tertiary/aromatic N) is 2. The van der Waals surface area contributed by atoms with Gasteiger partial charge in [0.1, 0.15) is 11.4 Å². The first kappa shape index (κ1) is 26.5. The number of halogens is 3. The Bertz CT molecular complexity index is 1280. The van der Waals surface area contributed by atoms with Gasteiger partial charge < -0.3 is 20.1 Å². The van der Waals surface area contributed by atoms with E-state index in [1.54, 1.807) is 43.3 Å². The second-order valence-corrected chi connectivity index (χ2v) is 8.28. The van der Waals surface area contributed by atoms with Crippen LogP contribution in [0.5, 0.6) is 5.75 Å². The molecular weight excluding hydrogens is 475 g/mol. The Morgan fingerprint density at radius 2 is 1.86 bits per heavy atom. The van der Waals surface area contributed by atoms with Gasteiger partial charge in [0, 0.05) is 24.7 Å². The average Bonchev–Trinajstić information content (AvgIpc) is 2.85. The Kier molecular flexibility index (Phi) is 7.87. The third-order valence-corrected chi connectivity index (χ3v) is 5.76. The fourth-order valence-electron chi connectivity index (χ4n) is 3.78. The fourth-order valence-corrected chi connectivity index (χ4v) is 3.78. The summed E-state index contributed by atoms with van der Waals surface area (Å²) in [6, 6.07) is 14.0. The highest BCUT2D eigenvalue weighted by Gasteiger charge is 2.34. The van der Waals surface area contributed by atoms with E-state index in [0.29, 0.717) is 22.4 Å². The number of rotatable bonds is 7. The number of aromatic nitrogens is 1. The predicted molar refractivity (Wildman–Crippen MR) is 129 cm³/mol. The number of nitrogens with one attached hydrogen (secondary N) is 1. The lowest BCUT2D eigenvalue weighted by Crippen LogP contribution is -2.31. The highest BCUT2D eigenvalue weighted by molar-refractivity contribution is 6.00. The van der Waals surface area contributed by atoms with Gasteiger partial charge in [-0.05, 0) is 43.7 Å². The topological polar surface area (TPSA) is 91.8 Å². The lowest BCUT2D eigenvalue weighted by Gasteiger charge is -2.25. The molecule has 3 rings (SSSR count). The summed E-state index contributed by atoms with van der Waals surface area (Å²) in [5.74, 6) is -0.651. The molecule has 0 saturated carbocycles. The normalized spacial score (nSPS) is 12.1. The van der Waals surface area contributed by atoms with Crippen LogP contribution in [-0.2, 0) is 17.5 Å². The van der Waals surface area contributed by atoms with Gasteiger partial charge in [-0.1, -0.05) is 35.9 Å². The third kappa shape index (κ3) is 5.94. The molecule has 36 heavy (non-hydrogen) atoms. The van der Waals surface area contributed by atoms with Crippen molar-refractivity contribution < 1.29 is 32.6 Å². The van der Waals surface area contributed by atoms with Gasteiger partial charge in [-0.2, -0.15) is 13.2 Å². The van der Waals surface area contributed by atoms with Crippen molar-refractivity contribution in [2.45, 2.75) is 32.5 Å². The number of benzene rings is 2. The number of carboxylic acid groups (broad SMARTS) is 1. The Morgan fingerprint density at radius 1 is 1.14 bits per heavy atom. The van der Waals surface area contributed by atoms with Crippen molar-refractivity contribution in [3.63, 3.8) is 0 Å². The largest absolute Gasteiger partial charge is 0.496 e. The van der Waals surface area contributed by atoms with Crippen LogP contribution in [0, 0.1) is 6.92 Å². The molecule has 2 aromatic carbocycles. The van der Waals surface area contributed by atoms with E-state index in [1.807, 2.05) is 13.0 Å². The highest BCUT2D eigenvalue weighted by atomic mass is 19.4. The second-order valence-electron chi connectivity index (χ2n) is 8.28. The maximum absolute atomic E-state index is 13.4. The Hall–Kier alpha value is -4.08. The molecule has 7 nitrogen and oxygen atoms in total. The second kappa shape index (κ2) is 10.7. The Balaban J connectivity index is 1.97. The van der Waals surface area contributed by atoms with Crippen LogP contribution in [-0.4, -0.2) is 36.2 Å². The van der Waals surface area contributed by atoms with Crippen molar-refractivity contribution in [3.8, 4) is 17.0 Å². The molecule has 0 spiro atoms. The summed E-state index contributed by atoms with van der Waals surface area (Å²) >= 11 is 0. The number of carbonyl (C=O) groups excluding carboxylic acids is 1. The van der Waals surface area contributed by atoms with Crippen LogP contribution >= 0.6 is 0 Å². The van der Waals surface area contributed by atoms with E-state index in [2.05, 4.69) is 10.3 Å². The van der Waals surface area contributed by atoms with Crippen LogP contribution in [0.2, 0.25) is 0 Å². The zero-order valence-corrected chi connectivity index (χ0v) is 20.2. The minimum atomic E-state index is -4.64. The van der Waals surface area contributed by atoms with Gasteiger partial charge in [-0.25, -0.2) is 9.78 Å². The van der Waals surface area contributed by atoms with Crippen molar-refractivity contribution in [1.82, 2.24) is 10.3 Å². The number of amides is 2. The molecule has 0 fully saturated rings. The fraction of sp³-hybridized carbons (Fsp3) is 0.269. The van der Waals surface area contributed by atoms with Crippen LogP contribution in [0.1, 0.15) is 35.2 Å². The van der Waals surface area contributed by atoms with Crippen molar-refractivity contribution in [2.24, 2.45) is 0 Å². The molecule has 2 N–H and O–H groups in total. The summed E-state index contributed by atoms with van der Waals surface area (Å²) in [5, 5.41) is 11.1. The molecule has 190 valence electrons. The molecule has 2 amide bonds. The summed E-state index contributed by atoms with van der Waals surface area (Å²) < 4.78 is 45.6. The molecule has 1 heterocycles. The average molecular weight is 502 g/mol. The SMILES string of the molecule is COc1cc(C(C)C(=O)N(C)c2ccc(C(F)(F)F)nc2-c2cccc(C)c2)ccc1CNC(=O)O. The smallest absolute Gasteiger partial charge is 0.433 e. The summed E-state index contributed by atoms with van der Waals surface area (Å²) in [7, 11) is 2.93. The number of anilines is 1. The van der Waals surface area contributed by atoms with Gasteiger partial charge in [0.05, 0.1) is 24.4 Å². The maximum Gasteiger partial charge on any atom is 0.433 e. The number of hydrogen-bond donors (Lipinski definition) is 2.